The number of nitrogens with two attached hydrogens (primary N) is 1. The molecule has 1 amide bonds. The third kappa shape index (κ3) is 2.25. The predicted octanol–water partition coefficient (Wildman–Crippen LogP) is 1.05. The third-order valence-electron chi connectivity index (χ3n) is 2.38. The van der Waals surface area contributed by atoms with Gasteiger partial charge < -0.3 is 10.6 Å². The molecule has 0 unspecified atom stereocenters. The van der Waals surface area contributed by atoms with Gasteiger partial charge in [-0.25, -0.2) is 0 Å². The summed E-state index contributed by atoms with van der Waals surface area (Å²) in [7, 11) is 0. The van der Waals surface area contributed by atoms with Gasteiger partial charge in [0, 0.05) is 17.9 Å². The van der Waals surface area contributed by atoms with Crippen LogP contribution in [0.3, 0.4) is 0 Å². The Kier molecular flexibility index (Phi) is 3.04. The summed E-state index contributed by atoms with van der Waals surface area (Å²) in [6, 6.07) is 7.17. The van der Waals surface area contributed by atoms with Gasteiger partial charge in [0.05, 0.1) is 6.20 Å². The van der Waals surface area contributed by atoms with E-state index in [1.807, 2.05) is 19.1 Å². The lowest BCUT2D eigenvalue weighted by Crippen LogP contribution is -2.30. The Morgan fingerprint density at radius 1 is 1.53 bits per heavy atom. The van der Waals surface area contributed by atoms with Crippen LogP contribution in [0.4, 0.5) is 11.4 Å². The van der Waals surface area contributed by atoms with Crippen LogP contribution >= 0.6 is 0 Å². The molecule has 0 atom stereocenters. The van der Waals surface area contributed by atoms with Crippen LogP contribution in [0.5, 0.6) is 0 Å². The molecule has 1 heterocycles. The molecule has 17 heavy (non-hydrogen) atoms. The lowest BCUT2D eigenvalue weighted by atomic mass is 10.2. The second kappa shape index (κ2) is 4.65. The molecular formula is C11H13N5O. The molecule has 0 radical (unpaired) electrons. The maximum absolute atomic E-state index is 12.1. The number of anilines is 2. The Morgan fingerprint density at radius 2 is 2.35 bits per heavy atom. The Balaban J connectivity index is 2.31. The van der Waals surface area contributed by atoms with Crippen molar-refractivity contribution < 1.29 is 4.79 Å². The standard InChI is InChI=1S/C11H13N5O/c1-2-16(9-5-3-4-8(12)6-9)11(17)10-7-13-15-14-10/h3-7H,2,12H2,1H3,(H,13,14,15). The van der Waals surface area contributed by atoms with E-state index in [9.17, 15) is 4.79 Å². The lowest BCUT2D eigenvalue weighted by molar-refractivity contribution is 0.0983. The topological polar surface area (TPSA) is 87.9 Å². The predicted molar refractivity (Wildman–Crippen MR) is 64.6 cm³/mol. The molecule has 2 aromatic rings. The van der Waals surface area contributed by atoms with E-state index in [1.54, 1.807) is 17.0 Å². The molecule has 3 N–H and O–H groups in total. The first-order valence-corrected chi connectivity index (χ1v) is 5.25. The second-order valence-corrected chi connectivity index (χ2v) is 3.50. The zero-order valence-corrected chi connectivity index (χ0v) is 9.42. The van der Waals surface area contributed by atoms with E-state index >= 15 is 0 Å². The second-order valence-electron chi connectivity index (χ2n) is 3.50. The van der Waals surface area contributed by atoms with Gasteiger partial charge in [-0.1, -0.05) is 6.07 Å². The molecule has 0 aliphatic carbocycles. The maximum Gasteiger partial charge on any atom is 0.280 e. The number of nitrogens with one attached hydrogen (secondary N) is 1. The first kappa shape index (κ1) is 11.1. The van der Waals surface area contributed by atoms with Crippen LogP contribution in [0.15, 0.2) is 30.5 Å². The summed E-state index contributed by atoms with van der Waals surface area (Å²) >= 11 is 0. The Bertz CT molecular complexity index is 508. The van der Waals surface area contributed by atoms with Crippen molar-refractivity contribution in [2.75, 3.05) is 17.2 Å². The van der Waals surface area contributed by atoms with Gasteiger partial charge in [-0.2, -0.15) is 15.4 Å². The smallest absolute Gasteiger partial charge is 0.280 e. The van der Waals surface area contributed by atoms with Gasteiger partial charge in [0.1, 0.15) is 0 Å². The van der Waals surface area contributed by atoms with E-state index in [0.29, 0.717) is 12.2 Å². The highest BCUT2D eigenvalue weighted by atomic mass is 16.2. The van der Waals surface area contributed by atoms with E-state index in [1.165, 1.54) is 6.20 Å². The number of hydrogen-bond donors (Lipinski definition) is 2. The van der Waals surface area contributed by atoms with Crippen LogP contribution in [0, 0.1) is 0 Å². The first-order valence-electron chi connectivity index (χ1n) is 5.25. The Hall–Kier alpha value is -2.37. The molecule has 1 aromatic heterocycles. The number of aromatic nitrogens is 3. The Morgan fingerprint density at radius 3 is 2.94 bits per heavy atom. The molecule has 0 aliphatic heterocycles. The summed E-state index contributed by atoms with van der Waals surface area (Å²) in [5, 5.41) is 9.82. The van der Waals surface area contributed by atoms with Crippen molar-refractivity contribution in [2.45, 2.75) is 6.92 Å². The molecular weight excluding hydrogens is 218 g/mol. The molecule has 0 aliphatic rings. The fourth-order valence-corrected chi connectivity index (χ4v) is 1.58. The van der Waals surface area contributed by atoms with Crippen molar-refractivity contribution >= 4 is 17.3 Å². The molecule has 6 heteroatoms. The summed E-state index contributed by atoms with van der Waals surface area (Å²) in [5.74, 6) is -0.202. The average Bonchev–Trinajstić information content (AvgIpc) is 2.83. The van der Waals surface area contributed by atoms with Crippen molar-refractivity contribution in [3.8, 4) is 0 Å². The minimum atomic E-state index is -0.202. The van der Waals surface area contributed by atoms with E-state index in [-0.39, 0.29) is 11.6 Å². The summed E-state index contributed by atoms with van der Waals surface area (Å²) in [5.41, 5.74) is 7.35. The summed E-state index contributed by atoms with van der Waals surface area (Å²) < 4.78 is 0. The molecule has 6 nitrogen and oxygen atoms in total. The zero-order chi connectivity index (χ0) is 12.3. The number of amides is 1. The number of nitrogen functional groups attached to an aromatic ring is 1. The number of H-pyrrole nitrogens is 1. The number of benzene rings is 1. The highest BCUT2D eigenvalue weighted by Gasteiger charge is 2.18. The van der Waals surface area contributed by atoms with Crippen molar-refractivity contribution in [3.63, 3.8) is 0 Å². The molecule has 0 bridgehead atoms. The first-order chi connectivity index (χ1) is 8.22. The fraction of sp³-hybridized carbons (Fsp3) is 0.182. The summed E-state index contributed by atoms with van der Waals surface area (Å²) in [4.78, 5) is 13.7. The van der Waals surface area contributed by atoms with Crippen molar-refractivity contribution in [1.82, 2.24) is 15.4 Å². The number of nitrogens with zero attached hydrogens (tertiary/aromatic N) is 3. The van der Waals surface area contributed by atoms with Crippen LogP contribution in [-0.4, -0.2) is 27.9 Å². The fourth-order valence-electron chi connectivity index (χ4n) is 1.58. The largest absolute Gasteiger partial charge is 0.399 e. The average molecular weight is 231 g/mol. The van der Waals surface area contributed by atoms with Crippen molar-refractivity contribution in [1.29, 1.82) is 0 Å². The van der Waals surface area contributed by atoms with Crippen molar-refractivity contribution in [2.24, 2.45) is 0 Å². The van der Waals surface area contributed by atoms with Gasteiger partial charge in [0.2, 0.25) is 0 Å². The van der Waals surface area contributed by atoms with Crippen molar-refractivity contribution in [3.05, 3.63) is 36.2 Å². The van der Waals surface area contributed by atoms with E-state index < -0.39 is 0 Å². The number of rotatable bonds is 3. The lowest BCUT2D eigenvalue weighted by Gasteiger charge is -2.19. The van der Waals surface area contributed by atoms with E-state index in [2.05, 4.69) is 15.4 Å². The molecule has 2 rings (SSSR count). The van der Waals surface area contributed by atoms with Gasteiger partial charge in [-0.3, -0.25) is 4.79 Å². The van der Waals surface area contributed by atoms with Gasteiger partial charge in [-0.15, -0.1) is 0 Å². The number of hydrogen-bond acceptors (Lipinski definition) is 4. The summed E-state index contributed by atoms with van der Waals surface area (Å²) in [6.07, 6.45) is 1.40. The van der Waals surface area contributed by atoms with Crippen LogP contribution in [0.25, 0.3) is 0 Å². The maximum atomic E-state index is 12.1. The molecule has 0 saturated carbocycles. The molecule has 1 aromatic carbocycles. The highest BCUT2D eigenvalue weighted by molar-refractivity contribution is 6.04. The zero-order valence-electron chi connectivity index (χ0n) is 9.42. The molecule has 0 fully saturated rings. The Labute approximate surface area is 98.4 Å². The van der Waals surface area contributed by atoms with Gasteiger partial charge in [0.25, 0.3) is 5.91 Å². The third-order valence-corrected chi connectivity index (χ3v) is 2.38. The number of carbonyl (C=O) groups is 1. The molecule has 88 valence electrons. The van der Waals surface area contributed by atoms with Crippen LogP contribution in [-0.2, 0) is 0 Å². The van der Waals surface area contributed by atoms with E-state index in [0.717, 1.165) is 5.69 Å². The summed E-state index contributed by atoms with van der Waals surface area (Å²) in [6.45, 7) is 2.43. The van der Waals surface area contributed by atoms with E-state index in [4.69, 9.17) is 5.73 Å². The minimum Gasteiger partial charge on any atom is -0.399 e. The van der Waals surface area contributed by atoms with Gasteiger partial charge in [0.15, 0.2) is 5.69 Å². The minimum absolute atomic E-state index is 0.202. The molecule has 0 saturated heterocycles. The van der Waals surface area contributed by atoms with Crippen LogP contribution in [0.1, 0.15) is 17.4 Å². The quantitative estimate of drug-likeness (QED) is 0.773. The van der Waals surface area contributed by atoms with Gasteiger partial charge in [-0.05, 0) is 25.1 Å². The molecule has 0 spiro atoms. The monoisotopic (exact) mass is 231 g/mol. The normalized spacial score (nSPS) is 10.2. The SMILES string of the molecule is CCN(C(=O)c1cn[nH]n1)c1cccc(N)c1. The van der Waals surface area contributed by atoms with Gasteiger partial charge >= 0.3 is 0 Å². The van der Waals surface area contributed by atoms with Crippen LogP contribution < -0.4 is 10.6 Å². The van der Waals surface area contributed by atoms with Crippen LogP contribution in [0.2, 0.25) is 0 Å². The highest BCUT2D eigenvalue weighted by Crippen LogP contribution is 2.18. The number of carbonyl (C=O) groups excluding carboxylic acids is 1. The number of aromatic amines is 1.